The maximum atomic E-state index is 6.29. The van der Waals surface area contributed by atoms with Crippen LogP contribution in [0.3, 0.4) is 0 Å². The Morgan fingerprint density at radius 1 is 1.56 bits per heavy atom. The second kappa shape index (κ2) is 5.39. The van der Waals surface area contributed by atoms with Crippen molar-refractivity contribution in [1.29, 1.82) is 0 Å². The van der Waals surface area contributed by atoms with E-state index in [9.17, 15) is 0 Å². The zero-order valence-corrected chi connectivity index (χ0v) is 11.7. The molecule has 1 atom stereocenters. The molecule has 0 aliphatic carbocycles. The van der Waals surface area contributed by atoms with Crippen LogP contribution in [0.15, 0.2) is 22.7 Å². The second-order valence-electron chi connectivity index (χ2n) is 4.06. The Labute approximate surface area is 110 Å². The van der Waals surface area contributed by atoms with Gasteiger partial charge in [-0.3, -0.25) is 0 Å². The first kappa shape index (κ1) is 12.2. The maximum absolute atomic E-state index is 6.29. The Kier molecular flexibility index (Phi) is 4.11. The van der Waals surface area contributed by atoms with Crippen LogP contribution in [-0.2, 0) is 0 Å². The van der Waals surface area contributed by atoms with Gasteiger partial charge in [0.1, 0.15) is 0 Å². The summed E-state index contributed by atoms with van der Waals surface area (Å²) in [6.45, 7) is 5.32. The number of hydrogen-bond acceptors (Lipinski definition) is 2. The molecule has 0 aromatic heterocycles. The van der Waals surface area contributed by atoms with Crippen LogP contribution in [-0.4, -0.2) is 25.7 Å². The van der Waals surface area contributed by atoms with Crippen molar-refractivity contribution in [3.05, 3.63) is 27.7 Å². The zero-order chi connectivity index (χ0) is 11.5. The lowest BCUT2D eigenvalue weighted by Gasteiger charge is -2.38. The molecule has 4 heteroatoms. The van der Waals surface area contributed by atoms with Crippen LogP contribution in [0.5, 0.6) is 0 Å². The SMILES string of the molecule is CCC1CNCCN1c1ccc(Br)cc1Cl. The predicted molar refractivity (Wildman–Crippen MR) is 73.4 cm³/mol. The van der Waals surface area contributed by atoms with E-state index in [1.807, 2.05) is 6.07 Å². The van der Waals surface area contributed by atoms with Gasteiger partial charge >= 0.3 is 0 Å². The summed E-state index contributed by atoms with van der Waals surface area (Å²) in [5.74, 6) is 0. The summed E-state index contributed by atoms with van der Waals surface area (Å²) in [4.78, 5) is 2.41. The fourth-order valence-corrected chi connectivity index (χ4v) is 2.94. The molecule has 0 amide bonds. The molecule has 88 valence electrons. The third-order valence-electron chi connectivity index (χ3n) is 3.04. The average molecular weight is 304 g/mol. The summed E-state index contributed by atoms with van der Waals surface area (Å²) in [5.41, 5.74) is 1.15. The van der Waals surface area contributed by atoms with E-state index in [4.69, 9.17) is 11.6 Å². The Balaban J connectivity index is 2.27. The lowest BCUT2D eigenvalue weighted by Crippen LogP contribution is -2.51. The molecule has 1 unspecified atom stereocenters. The van der Waals surface area contributed by atoms with Crippen LogP contribution in [0.25, 0.3) is 0 Å². The van der Waals surface area contributed by atoms with E-state index in [2.05, 4.69) is 45.2 Å². The topological polar surface area (TPSA) is 15.3 Å². The molecule has 1 aliphatic heterocycles. The highest BCUT2D eigenvalue weighted by molar-refractivity contribution is 9.10. The Bertz CT molecular complexity index is 370. The number of piperazine rings is 1. The minimum Gasteiger partial charge on any atom is -0.365 e. The van der Waals surface area contributed by atoms with Crippen LogP contribution in [0, 0.1) is 0 Å². The van der Waals surface area contributed by atoms with Gasteiger partial charge in [0.15, 0.2) is 0 Å². The molecule has 2 rings (SSSR count). The van der Waals surface area contributed by atoms with Crippen molar-refractivity contribution in [2.45, 2.75) is 19.4 Å². The van der Waals surface area contributed by atoms with Crippen molar-refractivity contribution in [3.8, 4) is 0 Å². The fraction of sp³-hybridized carbons (Fsp3) is 0.500. The van der Waals surface area contributed by atoms with Gasteiger partial charge in [0.05, 0.1) is 10.7 Å². The van der Waals surface area contributed by atoms with E-state index < -0.39 is 0 Å². The highest BCUT2D eigenvalue weighted by Gasteiger charge is 2.22. The molecular weight excluding hydrogens is 288 g/mol. The number of nitrogens with zero attached hydrogens (tertiary/aromatic N) is 1. The summed E-state index contributed by atoms with van der Waals surface area (Å²) in [6, 6.07) is 6.66. The van der Waals surface area contributed by atoms with Crippen molar-refractivity contribution in [2.75, 3.05) is 24.5 Å². The number of hydrogen-bond donors (Lipinski definition) is 1. The molecule has 1 aromatic rings. The van der Waals surface area contributed by atoms with Crippen LogP contribution in [0.1, 0.15) is 13.3 Å². The van der Waals surface area contributed by atoms with Crippen LogP contribution in [0.4, 0.5) is 5.69 Å². The molecule has 0 saturated carbocycles. The standard InChI is InChI=1S/C12H16BrClN2/c1-2-10-8-15-5-6-16(10)12-4-3-9(13)7-11(12)14/h3-4,7,10,15H,2,5-6,8H2,1H3. The van der Waals surface area contributed by atoms with Crippen LogP contribution >= 0.6 is 27.5 Å². The monoisotopic (exact) mass is 302 g/mol. The third kappa shape index (κ3) is 2.53. The Hall–Kier alpha value is -0.250. The molecule has 0 radical (unpaired) electrons. The molecule has 1 fully saturated rings. The third-order valence-corrected chi connectivity index (χ3v) is 3.84. The fourth-order valence-electron chi connectivity index (χ4n) is 2.16. The van der Waals surface area contributed by atoms with E-state index in [0.29, 0.717) is 6.04 Å². The first-order chi connectivity index (χ1) is 7.72. The smallest absolute Gasteiger partial charge is 0.0650 e. The van der Waals surface area contributed by atoms with Gasteiger partial charge < -0.3 is 10.2 Å². The Morgan fingerprint density at radius 3 is 3.06 bits per heavy atom. The van der Waals surface area contributed by atoms with E-state index >= 15 is 0 Å². The van der Waals surface area contributed by atoms with Gasteiger partial charge in [-0.2, -0.15) is 0 Å². The van der Waals surface area contributed by atoms with Gasteiger partial charge in [-0.15, -0.1) is 0 Å². The lowest BCUT2D eigenvalue weighted by molar-refractivity contribution is 0.466. The minimum absolute atomic E-state index is 0.549. The van der Waals surface area contributed by atoms with Crippen LogP contribution in [0.2, 0.25) is 5.02 Å². The van der Waals surface area contributed by atoms with E-state index in [1.165, 1.54) is 0 Å². The maximum Gasteiger partial charge on any atom is 0.0650 e. The highest BCUT2D eigenvalue weighted by Crippen LogP contribution is 2.31. The van der Waals surface area contributed by atoms with Gasteiger partial charge in [-0.1, -0.05) is 34.5 Å². The molecular formula is C12H16BrClN2. The Morgan fingerprint density at radius 2 is 2.38 bits per heavy atom. The van der Waals surface area contributed by atoms with Gasteiger partial charge in [-0.25, -0.2) is 0 Å². The first-order valence-electron chi connectivity index (χ1n) is 5.64. The molecule has 1 aliphatic rings. The number of nitrogens with one attached hydrogen (secondary N) is 1. The largest absolute Gasteiger partial charge is 0.365 e. The van der Waals surface area contributed by atoms with E-state index in [-0.39, 0.29) is 0 Å². The molecule has 2 nitrogen and oxygen atoms in total. The number of anilines is 1. The number of halogens is 2. The predicted octanol–water partition coefficient (Wildman–Crippen LogP) is 3.29. The van der Waals surface area contributed by atoms with Gasteiger partial charge in [-0.05, 0) is 24.6 Å². The summed E-state index contributed by atoms with van der Waals surface area (Å²) >= 11 is 9.73. The second-order valence-corrected chi connectivity index (χ2v) is 5.38. The summed E-state index contributed by atoms with van der Waals surface area (Å²) < 4.78 is 1.03. The van der Waals surface area contributed by atoms with E-state index in [1.54, 1.807) is 0 Å². The average Bonchev–Trinajstić information content (AvgIpc) is 2.29. The number of rotatable bonds is 2. The zero-order valence-electron chi connectivity index (χ0n) is 9.34. The molecule has 0 spiro atoms. The molecule has 16 heavy (non-hydrogen) atoms. The summed E-state index contributed by atoms with van der Waals surface area (Å²) in [7, 11) is 0. The van der Waals surface area contributed by atoms with Crippen molar-refractivity contribution >= 4 is 33.2 Å². The van der Waals surface area contributed by atoms with Crippen molar-refractivity contribution in [2.24, 2.45) is 0 Å². The van der Waals surface area contributed by atoms with Gasteiger partial charge in [0.2, 0.25) is 0 Å². The quantitative estimate of drug-likeness (QED) is 0.902. The minimum atomic E-state index is 0.549. The molecule has 1 heterocycles. The number of benzene rings is 1. The molecule has 1 saturated heterocycles. The van der Waals surface area contributed by atoms with Crippen molar-refractivity contribution in [1.82, 2.24) is 5.32 Å². The van der Waals surface area contributed by atoms with E-state index in [0.717, 1.165) is 41.2 Å². The van der Waals surface area contributed by atoms with Gasteiger partial charge in [0.25, 0.3) is 0 Å². The molecule has 0 bridgehead atoms. The first-order valence-corrected chi connectivity index (χ1v) is 6.82. The highest BCUT2D eigenvalue weighted by atomic mass is 79.9. The molecule has 1 N–H and O–H groups in total. The van der Waals surface area contributed by atoms with Crippen molar-refractivity contribution < 1.29 is 0 Å². The van der Waals surface area contributed by atoms with Crippen LogP contribution < -0.4 is 10.2 Å². The summed E-state index contributed by atoms with van der Waals surface area (Å²) in [5, 5.41) is 4.25. The molecule has 1 aromatic carbocycles. The van der Waals surface area contributed by atoms with Gasteiger partial charge in [0, 0.05) is 30.1 Å². The van der Waals surface area contributed by atoms with Crippen molar-refractivity contribution in [3.63, 3.8) is 0 Å². The summed E-state index contributed by atoms with van der Waals surface area (Å²) in [6.07, 6.45) is 1.14. The lowest BCUT2D eigenvalue weighted by atomic mass is 10.1. The normalized spacial score (nSPS) is 21.2.